The molecule has 1 heterocycles. The number of carbonyl (C=O) groups is 1. The molecule has 8 heteroatoms. The molecular weight excluding hydrogens is 385 g/mol. The van der Waals surface area contributed by atoms with Gasteiger partial charge in [-0.1, -0.05) is 18.0 Å². The second-order valence-corrected chi connectivity index (χ2v) is 7.03. The van der Waals surface area contributed by atoms with Crippen molar-refractivity contribution in [2.75, 3.05) is 13.2 Å². The molecule has 2 aliphatic carbocycles. The number of hydrogen-bond donors (Lipinski definition) is 2. The van der Waals surface area contributed by atoms with E-state index in [9.17, 15) is 4.79 Å². The number of carbonyl (C=O) groups excluding carboxylic acids is 1. The maximum atomic E-state index is 12.4. The quantitative estimate of drug-likeness (QED) is 0.731. The van der Waals surface area contributed by atoms with E-state index in [1.165, 1.54) is 19.3 Å². The molecule has 0 radical (unpaired) electrons. The molecule has 2 saturated carbocycles. The van der Waals surface area contributed by atoms with E-state index in [2.05, 4.69) is 10.3 Å². The normalized spacial score (nSPS) is 27.4. The van der Waals surface area contributed by atoms with E-state index in [-0.39, 0.29) is 36.6 Å². The SMILES string of the molecule is Cl.Cl.NC1C2CCCC1CC(C(=O)NCCOc1ncccc1Cl)C2. The molecule has 2 atom stereocenters. The molecular formula is C17H26Cl3N3O2. The maximum absolute atomic E-state index is 12.4. The number of fused-ring (bicyclic) bond motifs is 2. The topological polar surface area (TPSA) is 77.2 Å². The average molecular weight is 411 g/mol. The van der Waals surface area contributed by atoms with Gasteiger partial charge in [-0.15, -0.1) is 24.8 Å². The van der Waals surface area contributed by atoms with Gasteiger partial charge < -0.3 is 15.8 Å². The van der Waals surface area contributed by atoms with Gasteiger partial charge in [-0.25, -0.2) is 4.98 Å². The highest BCUT2D eigenvalue weighted by Crippen LogP contribution is 2.41. The zero-order valence-electron chi connectivity index (χ0n) is 14.0. The first kappa shape index (κ1) is 22.3. The van der Waals surface area contributed by atoms with Gasteiger partial charge in [0.05, 0.1) is 6.54 Å². The zero-order valence-corrected chi connectivity index (χ0v) is 16.4. The average Bonchev–Trinajstić information content (AvgIpc) is 2.52. The number of rotatable bonds is 5. The second kappa shape index (κ2) is 10.4. The Morgan fingerprint density at radius 2 is 2.00 bits per heavy atom. The highest BCUT2D eigenvalue weighted by molar-refractivity contribution is 6.31. The molecule has 1 aromatic rings. The largest absolute Gasteiger partial charge is 0.475 e. The number of hydrogen-bond acceptors (Lipinski definition) is 4. The van der Waals surface area contributed by atoms with Gasteiger partial charge in [-0.3, -0.25) is 4.79 Å². The molecule has 142 valence electrons. The number of nitrogens with zero attached hydrogens (tertiary/aromatic N) is 1. The molecule has 3 rings (SSSR count). The van der Waals surface area contributed by atoms with Crippen molar-refractivity contribution in [2.24, 2.45) is 23.5 Å². The van der Waals surface area contributed by atoms with Crippen molar-refractivity contribution in [1.82, 2.24) is 10.3 Å². The Balaban J connectivity index is 0.00000156. The van der Waals surface area contributed by atoms with Crippen molar-refractivity contribution in [1.29, 1.82) is 0 Å². The lowest BCUT2D eigenvalue weighted by atomic mass is 9.65. The first-order valence-electron chi connectivity index (χ1n) is 8.41. The lowest BCUT2D eigenvalue weighted by Crippen LogP contribution is -2.49. The van der Waals surface area contributed by atoms with Crippen LogP contribution in [0.5, 0.6) is 5.88 Å². The third-order valence-corrected chi connectivity index (χ3v) is 5.44. The Morgan fingerprint density at radius 3 is 2.64 bits per heavy atom. The highest BCUT2D eigenvalue weighted by atomic mass is 35.5. The highest BCUT2D eigenvalue weighted by Gasteiger charge is 2.40. The van der Waals surface area contributed by atoms with Crippen LogP contribution >= 0.6 is 36.4 Å². The smallest absolute Gasteiger partial charge is 0.232 e. The van der Waals surface area contributed by atoms with Crippen LogP contribution in [0.1, 0.15) is 32.1 Å². The number of pyridine rings is 1. The third-order valence-electron chi connectivity index (χ3n) is 5.15. The molecule has 0 spiro atoms. The van der Waals surface area contributed by atoms with E-state index in [4.69, 9.17) is 22.1 Å². The van der Waals surface area contributed by atoms with Crippen molar-refractivity contribution in [2.45, 2.75) is 38.1 Å². The minimum absolute atomic E-state index is 0. The van der Waals surface area contributed by atoms with Crippen LogP contribution in [0, 0.1) is 17.8 Å². The molecule has 25 heavy (non-hydrogen) atoms. The molecule has 0 saturated heterocycles. The minimum atomic E-state index is 0. The summed E-state index contributed by atoms with van der Waals surface area (Å²) in [6.45, 7) is 0.825. The van der Waals surface area contributed by atoms with Crippen molar-refractivity contribution >= 4 is 42.3 Å². The summed E-state index contributed by atoms with van der Waals surface area (Å²) in [7, 11) is 0. The van der Waals surface area contributed by atoms with Gasteiger partial charge in [0.1, 0.15) is 11.6 Å². The molecule has 2 unspecified atom stereocenters. The molecule has 0 aliphatic heterocycles. The second-order valence-electron chi connectivity index (χ2n) is 6.63. The number of amides is 1. The fourth-order valence-corrected chi connectivity index (χ4v) is 4.12. The lowest BCUT2D eigenvalue weighted by Gasteiger charge is -2.43. The first-order valence-corrected chi connectivity index (χ1v) is 8.79. The molecule has 5 nitrogen and oxygen atoms in total. The molecule has 2 fully saturated rings. The van der Waals surface area contributed by atoms with Gasteiger partial charge >= 0.3 is 0 Å². The van der Waals surface area contributed by atoms with Crippen LogP contribution in [0.3, 0.4) is 0 Å². The van der Waals surface area contributed by atoms with E-state index in [1.54, 1.807) is 18.3 Å². The van der Waals surface area contributed by atoms with Crippen molar-refractivity contribution in [3.05, 3.63) is 23.4 Å². The van der Waals surface area contributed by atoms with Gasteiger partial charge in [0, 0.05) is 18.2 Å². The van der Waals surface area contributed by atoms with Crippen LogP contribution in [-0.4, -0.2) is 30.1 Å². The molecule has 3 N–H and O–H groups in total. The number of aromatic nitrogens is 1. The van der Waals surface area contributed by atoms with Gasteiger partial charge in [0.15, 0.2) is 0 Å². The Labute approximate surface area is 166 Å². The summed E-state index contributed by atoms with van der Waals surface area (Å²) in [5, 5.41) is 3.45. The summed E-state index contributed by atoms with van der Waals surface area (Å²) in [5.41, 5.74) is 6.28. The monoisotopic (exact) mass is 409 g/mol. The van der Waals surface area contributed by atoms with Gasteiger partial charge in [0.2, 0.25) is 11.8 Å². The summed E-state index contributed by atoms with van der Waals surface area (Å²) in [6.07, 6.45) is 7.08. The summed E-state index contributed by atoms with van der Waals surface area (Å²) in [6, 6.07) is 3.77. The standard InChI is InChI=1S/C17H24ClN3O2.2ClH/c18-14-5-2-6-21-17(14)23-8-7-20-16(22)13-9-11-3-1-4-12(10-13)15(11)19;;/h2,5-6,11-13,15H,1,3-4,7-10,19H2,(H,20,22);2*1H. The van der Waals surface area contributed by atoms with Crippen molar-refractivity contribution in [3.8, 4) is 5.88 Å². The van der Waals surface area contributed by atoms with E-state index in [1.807, 2.05) is 0 Å². The van der Waals surface area contributed by atoms with Gasteiger partial charge in [-0.05, 0) is 49.7 Å². The fourth-order valence-electron chi connectivity index (χ4n) is 3.95. The van der Waals surface area contributed by atoms with Crippen LogP contribution in [0.15, 0.2) is 18.3 Å². The Hall–Kier alpha value is -0.750. The number of ether oxygens (including phenoxy) is 1. The summed E-state index contributed by atoms with van der Waals surface area (Å²) < 4.78 is 5.49. The maximum Gasteiger partial charge on any atom is 0.232 e. The lowest BCUT2D eigenvalue weighted by molar-refractivity contribution is -0.128. The van der Waals surface area contributed by atoms with Crippen molar-refractivity contribution < 1.29 is 9.53 Å². The molecule has 1 amide bonds. The van der Waals surface area contributed by atoms with E-state index in [0.29, 0.717) is 41.9 Å². The van der Waals surface area contributed by atoms with Gasteiger partial charge in [0.25, 0.3) is 0 Å². The Morgan fingerprint density at radius 1 is 1.32 bits per heavy atom. The first-order chi connectivity index (χ1) is 11.1. The fraction of sp³-hybridized carbons (Fsp3) is 0.647. The number of halogens is 3. The summed E-state index contributed by atoms with van der Waals surface area (Å²) in [5.74, 6) is 1.67. The van der Waals surface area contributed by atoms with E-state index in [0.717, 1.165) is 12.8 Å². The predicted octanol–water partition coefficient (Wildman–Crippen LogP) is 3.23. The third kappa shape index (κ3) is 5.61. The Kier molecular flexibility index (Phi) is 9.28. The van der Waals surface area contributed by atoms with E-state index >= 15 is 0 Å². The van der Waals surface area contributed by atoms with Gasteiger partial charge in [-0.2, -0.15) is 0 Å². The van der Waals surface area contributed by atoms with Crippen LogP contribution < -0.4 is 15.8 Å². The molecule has 1 aromatic heterocycles. The Bertz CT molecular complexity index is 548. The van der Waals surface area contributed by atoms with Crippen LogP contribution in [-0.2, 0) is 4.79 Å². The number of nitrogens with two attached hydrogens (primary N) is 1. The molecule has 2 aliphatic rings. The number of nitrogens with one attached hydrogen (secondary N) is 1. The van der Waals surface area contributed by atoms with Crippen LogP contribution in [0.4, 0.5) is 0 Å². The van der Waals surface area contributed by atoms with E-state index < -0.39 is 0 Å². The van der Waals surface area contributed by atoms with Crippen LogP contribution in [0.25, 0.3) is 0 Å². The molecule has 0 aromatic carbocycles. The summed E-state index contributed by atoms with van der Waals surface area (Å²) in [4.78, 5) is 16.4. The van der Waals surface area contributed by atoms with Crippen molar-refractivity contribution in [3.63, 3.8) is 0 Å². The summed E-state index contributed by atoms with van der Waals surface area (Å²) >= 11 is 5.97. The molecule has 2 bridgehead atoms. The minimum Gasteiger partial charge on any atom is -0.475 e. The van der Waals surface area contributed by atoms with Crippen LogP contribution in [0.2, 0.25) is 5.02 Å². The zero-order chi connectivity index (χ0) is 16.2. The predicted molar refractivity (Wildman–Crippen MR) is 104 cm³/mol.